The molecule has 0 aliphatic rings. The van der Waals surface area contributed by atoms with Crippen LogP contribution >= 0.6 is 11.6 Å². The van der Waals surface area contributed by atoms with E-state index in [1.54, 1.807) is 38.1 Å². The molecule has 3 amide bonds. The minimum atomic E-state index is -0.938. The average molecular weight is 356 g/mol. The van der Waals surface area contributed by atoms with Gasteiger partial charge in [0.25, 0.3) is 0 Å². The molecule has 0 saturated carbocycles. The van der Waals surface area contributed by atoms with Crippen molar-refractivity contribution >= 4 is 29.5 Å². The first kappa shape index (κ1) is 19.8. The molecule has 0 aromatic heterocycles. The number of rotatable bonds is 8. The molecule has 0 unspecified atom stereocenters. The Balaban J connectivity index is 2.65. The standard InChI is InChI=1S/C16H22ClN3O4/c1-16(2,14(22)23)6-7-19-15(24)20-12(9-13(18)21)10-4-3-5-11(17)8-10/h3-5,8,12H,6-7,9H2,1-2H3,(H2,18,21)(H,22,23)(H2,19,20,24)/t12-/m1/s1. The van der Waals surface area contributed by atoms with Crippen LogP contribution in [0.15, 0.2) is 24.3 Å². The van der Waals surface area contributed by atoms with Crippen LogP contribution in [0.5, 0.6) is 0 Å². The van der Waals surface area contributed by atoms with E-state index >= 15 is 0 Å². The van der Waals surface area contributed by atoms with Gasteiger partial charge in [-0.25, -0.2) is 4.79 Å². The molecular weight excluding hydrogens is 334 g/mol. The lowest BCUT2D eigenvalue weighted by atomic mass is 9.90. The highest BCUT2D eigenvalue weighted by Crippen LogP contribution is 2.21. The molecular formula is C16H22ClN3O4. The van der Waals surface area contributed by atoms with Crippen LogP contribution < -0.4 is 16.4 Å². The number of carboxylic acid groups (broad SMARTS) is 1. The molecule has 0 heterocycles. The topological polar surface area (TPSA) is 122 Å². The molecule has 0 fully saturated rings. The van der Waals surface area contributed by atoms with Crippen LogP contribution in [0.25, 0.3) is 0 Å². The zero-order valence-corrected chi connectivity index (χ0v) is 14.4. The van der Waals surface area contributed by atoms with Gasteiger partial charge >= 0.3 is 12.0 Å². The minimum Gasteiger partial charge on any atom is -0.481 e. The van der Waals surface area contributed by atoms with Crippen molar-refractivity contribution < 1.29 is 19.5 Å². The van der Waals surface area contributed by atoms with Crippen LogP contribution in [0.2, 0.25) is 5.02 Å². The number of primary amides is 1. The number of nitrogens with two attached hydrogens (primary N) is 1. The van der Waals surface area contributed by atoms with Gasteiger partial charge in [0.15, 0.2) is 0 Å². The van der Waals surface area contributed by atoms with Crippen LogP contribution in [-0.2, 0) is 9.59 Å². The van der Waals surface area contributed by atoms with Gasteiger partial charge in [-0.1, -0.05) is 23.7 Å². The van der Waals surface area contributed by atoms with Crippen molar-refractivity contribution in [2.45, 2.75) is 32.7 Å². The molecule has 1 aromatic rings. The van der Waals surface area contributed by atoms with E-state index in [1.165, 1.54) is 0 Å². The number of halogens is 1. The maximum Gasteiger partial charge on any atom is 0.315 e. The summed E-state index contributed by atoms with van der Waals surface area (Å²) in [6.07, 6.45) is 0.196. The Morgan fingerprint density at radius 3 is 2.54 bits per heavy atom. The van der Waals surface area contributed by atoms with Crippen molar-refractivity contribution in [1.82, 2.24) is 10.6 Å². The number of carbonyl (C=O) groups excluding carboxylic acids is 2. The first-order valence-corrected chi connectivity index (χ1v) is 7.81. The number of carbonyl (C=O) groups is 3. The largest absolute Gasteiger partial charge is 0.481 e. The first-order chi connectivity index (χ1) is 11.1. The quantitative estimate of drug-likeness (QED) is 0.570. The fraction of sp³-hybridized carbons (Fsp3) is 0.438. The third-order valence-electron chi connectivity index (χ3n) is 3.58. The summed E-state index contributed by atoms with van der Waals surface area (Å²) in [5.41, 5.74) is 4.94. The molecule has 0 spiro atoms. The fourth-order valence-electron chi connectivity index (χ4n) is 1.98. The summed E-state index contributed by atoms with van der Waals surface area (Å²) in [5, 5.41) is 14.7. The summed E-state index contributed by atoms with van der Waals surface area (Å²) in [4.78, 5) is 34.2. The van der Waals surface area contributed by atoms with Gasteiger partial charge in [-0.15, -0.1) is 0 Å². The van der Waals surface area contributed by atoms with Crippen molar-refractivity contribution in [3.63, 3.8) is 0 Å². The monoisotopic (exact) mass is 355 g/mol. The molecule has 0 saturated heterocycles. The first-order valence-electron chi connectivity index (χ1n) is 7.43. The Labute approximate surface area is 145 Å². The Bertz CT molecular complexity index is 619. The highest BCUT2D eigenvalue weighted by atomic mass is 35.5. The van der Waals surface area contributed by atoms with Crippen LogP contribution in [0.3, 0.4) is 0 Å². The lowest BCUT2D eigenvalue weighted by molar-refractivity contribution is -0.147. The molecule has 7 nitrogen and oxygen atoms in total. The van der Waals surface area contributed by atoms with Crippen LogP contribution in [0.1, 0.15) is 38.3 Å². The maximum absolute atomic E-state index is 12.0. The van der Waals surface area contributed by atoms with Crippen molar-refractivity contribution in [3.05, 3.63) is 34.9 Å². The van der Waals surface area contributed by atoms with E-state index in [9.17, 15) is 14.4 Å². The second kappa shape index (κ2) is 8.54. The molecule has 1 atom stereocenters. The van der Waals surface area contributed by atoms with E-state index < -0.39 is 29.4 Å². The molecule has 0 radical (unpaired) electrons. The van der Waals surface area contributed by atoms with Gasteiger partial charge in [0.1, 0.15) is 0 Å². The molecule has 8 heteroatoms. The number of benzene rings is 1. The molecule has 0 aliphatic carbocycles. The summed E-state index contributed by atoms with van der Waals surface area (Å²) >= 11 is 5.93. The molecule has 1 rings (SSSR count). The number of carboxylic acids is 1. The Kier molecular flexibility index (Phi) is 7.03. The second-order valence-corrected chi connectivity index (χ2v) is 6.55. The average Bonchev–Trinajstić information content (AvgIpc) is 2.45. The van der Waals surface area contributed by atoms with Crippen LogP contribution in [0, 0.1) is 5.41 Å². The smallest absolute Gasteiger partial charge is 0.315 e. The van der Waals surface area contributed by atoms with E-state index in [0.29, 0.717) is 10.6 Å². The van der Waals surface area contributed by atoms with Crippen molar-refractivity contribution in [3.8, 4) is 0 Å². The summed E-state index contributed by atoms with van der Waals surface area (Å²) in [6.45, 7) is 3.34. The van der Waals surface area contributed by atoms with Gasteiger partial charge in [0.05, 0.1) is 17.9 Å². The Hall–Kier alpha value is -2.28. The number of aliphatic carboxylic acids is 1. The van der Waals surface area contributed by atoms with E-state index in [-0.39, 0.29) is 19.4 Å². The van der Waals surface area contributed by atoms with E-state index in [1.807, 2.05) is 0 Å². The summed E-state index contributed by atoms with van der Waals surface area (Å²) in [7, 11) is 0. The molecule has 1 aromatic carbocycles. The fourth-order valence-corrected chi connectivity index (χ4v) is 2.18. The molecule has 24 heavy (non-hydrogen) atoms. The van der Waals surface area contributed by atoms with E-state index in [2.05, 4.69) is 10.6 Å². The molecule has 132 valence electrons. The second-order valence-electron chi connectivity index (χ2n) is 6.12. The molecule has 0 bridgehead atoms. The Morgan fingerprint density at radius 1 is 1.33 bits per heavy atom. The highest BCUT2D eigenvalue weighted by Gasteiger charge is 2.26. The Morgan fingerprint density at radius 2 is 2.00 bits per heavy atom. The van der Waals surface area contributed by atoms with E-state index in [4.69, 9.17) is 22.4 Å². The van der Waals surface area contributed by atoms with Crippen molar-refractivity contribution in [2.24, 2.45) is 11.1 Å². The molecule has 5 N–H and O–H groups in total. The van der Waals surface area contributed by atoms with Gasteiger partial charge in [0.2, 0.25) is 5.91 Å². The van der Waals surface area contributed by atoms with Gasteiger partial charge in [-0.2, -0.15) is 0 Å². The number of urea groups is 1. The number of nitrogens with one attached hydrogen (secondary N) is 2. The summed E-state index contributed by atoms with van der Waals surface area (Å²) in [6, 6.07) is 5.63. The number of amides is 3. The number of hydrogen-bond donors (Lipinski definition) is 4. The zero-order valence-electron chi connectivity index (χ0n) is 13.6. The van der Waals surface area contributed by atoms with Gasteiger partial charge in [-0.3, -0.25) is 9.59 Å². The normalized spacial score (nSPS) is 12.3. The summed E-state index contributed by atoms with van der Waals surface area (Å²) < 4.78 is 0. The van der Waals surface area contributed by atoms with Crippen molar-refractivity contribution in [1.29, 1.82) is 0 Å². The van der Waals surface area contributed by atoms with Gasteiger partial charge in [0, 0.05) is 11.6 Å². The predicted octanol–water partition coefficient (Wildman–Crippen LogP) is 2.06. The summed E-state index contributed by atoms with van der Waals surface area (Å²) in [5.74, 6) is -1.50. The third-order valence-corrected chi connectivity index (χ3v) is 3.81. The minimum absolute atomic E-state index is 0.0750. The zero-order chi connectivity index (χ0) is 18.3. The predicted molar refractivity (Wildman–Crippen MR) is 90.6 cm³/mol. The lowest BCUT2D eigenvalue weighted by Gasteiger charge is -2.21. The lowest BCUT2D eigenvalue weighted by Crippen LogP contribution is -2.41. The van der Waals surface area contributed by atoms with Crippen LogP contribution in [0.4, 0.5) is 4.79 Å². The molecule has 0 aliphatic heterocycles. The highest BCUT2D eigenvalue weighted by molar-refractivity contribution is 6.30. The van der Waals surface area contributed by atoms with Crippen molar-refractivity contribution in [2.75, 3.05) is 6.54 Å². The number of hydrogen-bond acceptors (Lipinski definition) is 3. The SMILES string of the molecule is CC(C)(CCNC(=O)N[C@H](CC(N)=O)c1cccc(Cl)c1)C(=O)O. The third kappa shape index (κ3) is 6.45. The van der Waals surface area contributed by atoms with Gasteiger partial charge < -0.3 is 21.5 Å². The van der Waals surface area contributed by atoms with E-state index in [0.717, 1.165) is 0 Å². The maximum atomic E-state index is 12.0. The van der Waals surface area contributed by atoms with Gasteiger partial charge in [-0.05, 0) is 38.0 Å². The van der Waals surface area contributed by atoms with Crippen LogP contribution in [-0.4, -0.2) is 29.6 Å².